The van der Waals surface area contributed by atoms with Crippen LogP contribution in [-0.2, 0) is 14.8 Å². The first-order valence-corrected chi connectivity index (χ1v) is 11.9. The largest absolute Gasteiger partial charge is 0.401 e. The number of anilines is 1. The van der Waals surface area contributed by atoms with E-state index in [1.54, 1.807) is 19.1 Å². The first kappa shape index (κ1) is 24.0. The molecule has 2 heterocycles. The van der Waals surface area contributed by atoms with Crippen LogP contribution in [0.15, 0.2) is 29.2 Å². The van der Waals surface area contributed by atoms with Crippen molar-refractivity contribution < 1.29 is 26.4 Å². The van der Waals surface area contributed by atoms with Crippen LogP contribution in [0.4, 0.5) is 18.9 Å². The molecule has 7 nitrogen and oxygen atoms in total. The second kappa shape index (κ2) is 9.85. The topological polar surface area (TPSA) is 73.0 Å². The summed E-state index contributed by atoms with van der Waals surface area (Å²) in [5.74, 6) is -0.282. The van der Waals surface area contributed by atoms with Crippen molar-refractivity contribution in [2.45, 2.75) is 43.3 Å². The molecule has 0 aliphatic carbocycles. The molecular formula is C20H29F3N4O3S. The molecule has 0 aromatic heterocycles. The summed E-state index contributed by atoms with van der Waals surface area (Å²) < 4.78 is 64.4. The lowest BCUT2D eigenvalue weighted by molar-refractivity contribution is -0.150. The van der Waals surface area contributed by atoms with Gasteiger partial charge in [-0.25, -0.2) is 8.42 Å². The van der Waals surface area contributed by atoms with Crippen molar-refractivity contribution in [3.05, 3.63) is 24.3 Å². The van der Waals surface area contributed by atoms with Gasteiger partial charge in [0.2, 0.25) is 15.9 Å². The van der Waals surface area contributed by atoms with Crippen molar-refractivity contribution in [3.63, 3.8) is 0 Å². The second-order valence-corrected chi connectivity index (χ2v) is 10.0. The van der Waals surface area contributed by atoms with Gasteiger partial charge in [0.25, 0.3) is 0 Å². The number of piperidine rings is 1. The Kier molecular flexibility index (Phi) is 7.61. The predicted molar refractivity (Wildman–Crippen MR) is 111 cm³/mol. The van der Waals surface area contributed by atoms with Gasteiger partial charge >= 0.3 is 6.18 Å². The van der Waals surface area contributed by atoms with Gasteiger partial charge in [-0.1, -0.05) is 6.42 Å². The van der Waals surface area contributed by atoms with Crippen molar-refractivity contribution in [2.75, 3.05) is 51.1 Å². The van der Waals surface area contributed by atoms with Gasteiger partial charge in [-0.05, 0) is 44.0 Å². The SMILES string of the molecule is CC(C(=O)Nc1ccc(S(=O)(=O)N2CCCCC2)cc1)N1CCN(CC(F)(F)F)CC1. The van der Waals surface area contributed by atoms with Crippen molar-refractivity contribution in [2.24, 2.45) is 0 Å². The van der Waals surface area contributed by atoms with E-state index in [-0.39, 0.29) is 23.9 Å². The summed E-state index contributed by atoms with van der Waals surface area (Å²) in [4.78, 5) is 16.0. The summed E-state index contributed by atoms with van der Waals surface area (Å²) in [7, 11) is -3.53. The molecule has 2 aliphatic heterocycles. The molecule has 31 heavy (non-hydrogen) atoms. The number of hydrogen-bond acceptors (Lipinski definition) is 5. The van der Waals surface area contributed by atoms with Crippen molar-refractivity contribution in [1.29, 1.82) is 0 Å². The van der Waals surface area contributed by atoms with Crippen LogP contribution < -0.4 is 5.32 Å². The van der Waals surface area contributed by atoms with Gasteiger partial charge < -0.3 is 5.32 Å². The summed E-state index contributed by atoms with van der Waals surface area (Å²) in [5.41, 5.74) is 0.477. The molecule has 0 radical (unpaired) electrons. The van der Waals surface area contributed by atoms with Gasteiger partial charge in [0.05, 0.1) is 17.5 Å². The highest BCUT2D eigenvalue weighted by atomic mass is 32.2. The fraction of sp³-hybridized carbons (Fsp3) is 0.650. The molecule has 3 rings (SSSR count). The number of piperazine rings is 1. The molecule has 1 atom stereocenters. The molecule has 0 bridgehead atoms. The maximum absolute atomic E-state index is 12.7. The number of rotatable bonds is 6. The molecule has 1 unspecified atom stereocenters. The first-order valence-electron chi connectivity index (χ1n) is 10.5. The van der Waals surface area contributed by atoms with E-state index in [0.29, 0.717) is 31.9 Å². The van der Waals surface area contributed by atoms with Crippen LogP contribution in [0.3, 0.4) is 0 Å². The van der Waals surface area contributed by atoms with Crippen LogP contribution in [0.25, 0.3) is 0 Å². The number of halogens is 3. The quantitative estimate of drug-likeness (QED) is 0.703. The van der Waals surface area contributed by atoms with Crippen LogP contribution in [-0.4, -0.2) is 86.5 Å². The van der Waals surface area contributed by atoms with E-state index in [1.165, 1.54) is 21.3 Å². The summed E-state index contributed by atoms with van der Waals surface area (Å²) in [6, 6.07) is 5.58. The monoisotopic (exact) mass is 462 g/mol. The van der Waals surface area contributed by atoms with Gasteiger partial charge in [-0.2, -0.15) is 17.5 Å². The van der Waals surface area contributed by atoms with E-state index < -0.39 is 28.8 Å². The molecule has 0 spiro atoms. The first-order chi connectivity index (χ1) is 14.6. The van der Waals surface area contributed by atoms with Gasteiger partial charge in [0, 0.05) is 45.0 Å². The predicted octanol–water partition coefficient (Wildman–Crippen LogP) is 2.37. The third kappa shape index (κ3) is 6.41. The highest BCUT2D eigenvalue weighted by molar-refractivity contribution is 7.89. The van der Waals surface area contributed by atoms with Gasteiger partial charge in [0.1, 0.15) is 0 Å². The highest BCUT2D eigenvalue weighted by Crippen LogP contribution is 2.22. The number of amides is 1. The van der Waals surface area contributed by atoms with E-state index >= 15 is 0 Å². The molecule has 0 saturated carbocycles. The maximum Gasteiger partial charge on any atom is 0.401 e. The Morgan fingerprint density at radius 1 is 1.00 bits per heavy atom. The van der Waals surface area contributed by atoms with Crippen molar-refractivity contribution >= 4 is 21.6 Å². The fourth-order valence-corrected chi connectivity index (χ4v) is 5.46. The van der Waals surface area contributed by atoms with Crippen LogP contribution in [0.1, 0.15) is 26.2 Å². The Morgan fingerprint density at radius 2 is 1.58 bits per heavy atom. The van der Waals surface area contributed by atoms with Gasteiger partial charge in [-0.3, -0.25) is 14.6 Å². The number of hydrogen-bond donors (Lipinski definition) is 1. The molecule has 1 amide bonds. The average Bonchev–Trinajstić information content (AvgIpc) is 2.73. The minimum absolute atomic E-state index is 0.196. The van der Waals surface area contributed by atoms with E-state index in [0.717, 1.165) is 19.3 Å². The zero-order valence-corrected chi connectivity index (χ0v) is 18.4. The lowest BCUT2D eigenvalue weighted by Gasteiger charge is -2.37. The maximum atomic E-state index is 12.7. The van der Waals surface area contributed by atoms with Crippen molar-refractivity contribution in [1.82, 2.24) is 14.1 Å². The zero-order valence-electron chi connectivity index (χ0n) is 17.6. The lowest BCUT2D eigenvalue weighted by atomic mass is 10.2. The molecule has 174 valence electrons. The summed E-state index contributed by atoms with van der Waals surface area (Å²) in [6.45, 7) is 3.07. The molecular weight excluding hydrogens is 433 g/mol. The number of nitrogens with zero attached hydrogens (tertiary/aromatic N) is 3. The Labute approximate surface area is 181 Å². The Balaban J connectivity index is 1.53. The standard InChI is InChI=1S/C20H29F3N4O3S/c1-16(26-13-11-25(12-14-26)15-20(21,22)23)19(28)24-17-5-7-18(8-6-17)31(29,30)27-9-3-2-4-10-27/h5-8,16H,2-4,9-15H2,1H3,(H,24,28). The Morgan fingerprint density at radius 3 is 2.13 bits per heavy atom. The number of nitrogens with one attached hydrogen (secondary N) is 1. The summed E-state index contributed by atoms with van der Waals surface area (Å²) in [6.07, 6.45) is -1.48. The number of carbonyl (C=O) groups excluding carboxylic acids is 1. The fourth-order valence-electron chi connectivity index (χ4n) is 3.94. The summed E-state index contributed by atoms with van der Waals surface area (Å²) in [5, 5.41) is 2.76. The molecule has 2 aliphatic rings. The normalized spacial score (nSPS) is 21.0. The van der Waals surface area contributed by atoms with Crippen LogP contribution >= 0.6 is 0 Å². The second-order valence-electron chi connectivity index (χ2n) is 8.08. The van der Waals surface area contributed by atoms with Crippen LogP contribution in [0, 0.1) is 0 Å². The van der Waals surface area contributed by atoms with Crippen LogP contribution in [0.5, 0.6) is 0 Å². The average molecular weight is 463 g/mol. The molecule has 1 aromatic rings. The molecule has 2 fully saturated rings. The van der Waals surface area contributed by atoms with Crippen molar-refractivity contribution in [3.8, 4) is 0 Å². The lowest BCUT2D eigenvalue weighted by Crippen LogP contribution is -2.54. The Hall–Kier alpha value is -1.69. The number of sulfonamides is 1. The summed E-state index contributed by atoms with van der Waals surface area (Å²) >= 11 is 0. The molecule has 2 saturated heterocycles. The van der Waals surface area contributed by atoms with E-state index in [9.17, 15) is 26.4 Å². The molecule has 1 N–H and O–H groups in total. The minimum atomic E-state index is -4.22. The van der Waals surface area contributed by atoms with Gasteiger partial charge in [-0.15, -0.1) is 0 Å². The van der Waals surface area contributed by atoms with Crippen LogP contribution in [0.2, 0.25) is 0 Å². The number of carbonyl (C=O) groups is 1. The number of benzene rings is 1. The zero-order chi connectivity index (χ0) is 22.6. The van der Waals surface area contributed by atoms with Gasteiger partial charge in [0.15, 0.2) is 0 Å². The third-order valence-electron chi connectivity index (χ3n) is 5.81. The molecule has 11 heteroatoms. The minimum Gasteiger partial charge on any atom is -0.325 e. The highest BCUT2D eigenvalue weighted by Gasteiger charge is 2.33. The third-order valence-corrected chi connectivity index (χ3v) is 7.72. The van der Waals surface area contributed by atoms with E-state index in [2.05, 4.69) is 5.32 Å². The molecule has 1 aromatic carbocycles. The van der Waals surface area contributed by atoms with E-state index in [4.69, 9.17) is 0 Å². The van der Waals surface area contributed by atoms with E-state index in [1.807, 2.05) is 4.90 Å². The number of alkyl halides is 3. The Bertz CT molecular complexity index is 847. The smallest absolute Gasteiger partial charge is 0.325 e.